The third-order valence-corrected chi connectivity index (χ3v) is 4.14. The number of hydrogen-bond donors (Lipinski definition) is 1. The lowest BCUT2D eigenvalue weighted by molar-refractivity contribution is 0.552. The number of thioether (sulfide) groups is 1. The summed E-state index contributed by atoms with van der Waals surface area (Å²) in [5, 5.41) is 4.10. The number of halogens is 2. The van der Waals surface area contributed by atoms with E-state index in [-0.39, 0.29) is 0 Å². The zero-order chi connectivity index (χ0) is 13.4. The van der Waals surface area contributed by atoms with Gasteiger partial charge in [0.25, 0.3) is 0 Å². The monoisotopic (exact) mass is 303 g/mol. The fraction of sp³-hybridized carbons (Fsp3) is 0.429. The van der Waals surface area contributed by atoms with Crippen LogP contribution in [0.25, 0.3) is 0 Å². The molecule has 0 fully saturated rings. The van der Waals surface area contributed by atoms with Gasteiger partial charge < -0.3 is 5.32 Å². The van der Waals surface area contributed by atoms with E-state index in [1.54, 1.807) is 11.8 Å². The third-order valence-electron chi connectivity index (χ3n) is 2.30. The molecule has 0 spiro atoms. The van der Waals surface area contributed by atoms with Crippen LogP contribution in [-0.2, 0) is 6.54 Å². The van der Waals surface area contributed by atoms with Crippen LogP contribution >= 0.6 is 35.0 Å². The van der Waals surface area contributed by atoms with Crippen LogP contribution in [0.1, 0.15) is 19.4 Å². The molecule has 1 rings (SSSR count). The largest absolute Gasteiger partial charge is 0.312 e. The Morgan fingerprint density at radius 1 is 1.33 bits per heavy atom. The highest BCUT2D eigenvalue weighted by Crippen LogP contribution is 2.22. The zero-order valence-corrected chi connectivity index (χ0v) is 13.1. The highest BCUT2D eigenvalue weighted by molar-refractivity contribution is 7.99. The maximum atomic E-state index is 5.84. The van der Waals surface area contributed by atoms with E-state index in [0.29, 0.717) is 11.0 Å². The van der Waals surface area contributed by atoms with Gasteiger partial charge in [-0.25, -0.2) is 0 Å². The number of benzene rings is 1. The van der Waals surface area contributed by atoms with Gasteiger partial charge in [0.15, 0.2) is 0 Å². The Hall–Kier alpha value is -0.150. The SMILES string of the molecule is CC(C)CNCc1ccc(SC/C(Cl)=C/Cl)cc1. The van der Waals surface area contributed by atoms with E-state index in [4.69, 9.17) is 23.2 Å². The van der Waals surface area contributed by atoms with Gasteiger partial charge >= 0.3 is 0 Å². The highest BCUT2D eigenvalue weighted by atomic mass is 35.5. The van der Waals surface area contributed by atoms with Crippen molar-refractivity contribution in [1.82, 2.24) is 5.32 Å². The standard InChI is InChI=1S/C14H19Cl2NS/c1-11(2)8-17-9-12-3-5-14(6-4-12)18-10-13(16)7-15/h3-7,11,17H,8-10H2,1-2H3/b13-7-. The van der Waals surface area contributed by atoms with Crippen LogP contribution in [0.5, 0.6) is 0 Å². The van der Waals surface area contributed by atoms with Gasteiger partial charge in [0, 0.05) is 27.8 Å². The molecule has 0 aliphatic heterocycles. The molecule has 18 heavy (non-hydrogen) atoms. The van der Waals surface area contributed by atoms with Gasteiger partial charge in [-0.15, -0.1) is 11.8 Å². The molecule has 0 aromatic heterocycles. The first-order valence-corrected chi connectivity index (χ1v) is 7.79. The van der Waals surface area contributed by atoms with E-state index in [9.17, 15) is 0 Å². The van der Waals surface area contributed by atoms with Crippen LogP contribution in [0.3, 0.4) is 0 Å². The minimum absolute atomic E-state index is 0.671. The summed E-state index contributed by atoms with van der Waals surface area (Å²) in [5.41, 5.74) is 2.72. The Morgan fingerprint density at radius 2 is 2.00 bits per heavy atom. The van der Waals surface area contributed by atoms with Gasteiger partial charge in [-0.1, -0.05) is 49.2 Å². The Labute approximate surface area is 124 Å². The fourth-order valence-corrected chi connectivity index (χ4v) is 2.44. The number of nitrogens with one attached hydrogen (secondary N) is 1. The van der Waals surface area contributed by atoms with E-state index in [0.717, 1.165) is 18.8 Å². The molecular formula is C14H19Cl2NS. The molecule has 0 amide bonds. The lowest BCUT2D eigenvalue weighted by Crippen LogP contribution is -2.18. The van der Waals surface area contributed by atoms with Gasteiger partial charge in [-0.3, -0.25) is 0 Å². The van der Waals surface area contributed by atoms with Crippen molar-refractivity contribution in [2.75, 3.05) is 12.3 Å². The first kappa shape index (κ1) is 15.9. The molecule has 0 atom stereocenters. The Balaban J connectivity index is 2.37. The van der Waals surface area contributed by atoms with Crippen molar-refractivity contribution in [1.29, 1.82) is 0 Å². The Bertz CT molecular complexity index is 374. The smallest absolute Gasteiger partial charge is 0.0396 e. The van der Waals surface area contributed by atoms with E-state index < -0.39 is 0 Å². The Kier molecular flexibility index (Phi) is 7.84. The molecule has 0 radical (unpaired) electrons. The average Bonchev–Trinajstić information content (AvgIpc) is 2.37. The summed E-state index contributed by atoms with van der Waals surface area (Å²) < 4.78 is 0. The lowest BCUT2D eigenvalue weighted by atomic mass is 10.2. The lowest BCUT2D eigenvalue weighted by Gasteiger charge is -2.08. The van der Waals surface area contributed by atoms with Crippen LogP contribution in [0, 0.1) is 5.92 Å². The first-order chi connectivity index (χ1) is 8.61. The molecule has 0 unspecified atom stereocenters. The molecule has 0 aliphatic carbocycles. The normalized spacial score (nSPS) is 12.2. The predicted molar refractivity (Wildman–Crippen MR) is 83.5 cm³/mol. The van der Waals surface area contributed by atoms with Crippen molar-refractivity contribution in [2.24, 2.45) is 5.92 Å². The molecule has 0 heterocycles. The maximum Gasteiger partial charge on any atom is 0.0396 e. The zero-order valence-electron chi connectivity index (χ0n) is 10.7. The second-order valence-corrected chi connectivity index (χ2v) is 6.27. The van der Waals surface area contributed by atoms with Crippen LogP contribution in [0.2, 0.25) is 0 Å². The van der Waals surface area contributed by atoms with E-state index >= 15 is 0 Å². The molecule has 0 bridgehead atoms. The van der Waals surface area contributed by atoms with Crippen molar-refractivity contribution >= 4 is 35.0 Å². The van der Waals surface area contributed by atoms with Crippen molar-refractivity contribution in [3.63, 3.8) is 0 Å². The molecule has 1 nitrogen and oxygen atoms in total. The summed E-state index contributed by atoms with van der Waals surface area (Å²) in [7, 11) is 0. The molecule has 0 saturated carbocycles. The molecule has 100 valence electrons. The first-order valence-electron chi connectivity index (χ1n) is 5.99. The van der Waals surface area contributed by atoms with Gasteiger partial charge in [0.1, 0.15) is 0 Å². The topological polar surface area (TPSA) is 12.0 Å². The van der Waals surface area contributed by atoms with Crippen LogP contribution in [0.15, 0.2) is 39.7 Å². The average molecular weight is 304 g/mol. The van der Waals surface area contributed by atoms with E-state index in [1.165, 1.54) is 16.0 Å². The molecule has 1 N–H and O–H groups in total. The van der Waals surface area contributed by atoms with Crippen molar-refractivity contribution < 1.29 is 0 Å². The van der Waals surface area contributed by atoms with E-state index in [2.05, 4.69) is 43.4 Å². The van der Waals surface area contributed by atoms with Crippen molar-refractivity contribution in [3.05, 3.63) is 40.4 Å². The van der Waals surface area contributed by atoms with Crippen LogP contribution < -0.4 is 5.32 Å². The van der Waals surface area contributed by atoms with Crippen LogP contribution in [-0.4, -0.2) is 12.3 Å². The molecular weight excluding hydrogens is 285 g/mol. The fourth-order valence-electron chi connectivity index (χ4n) is 1.39. The summed E-state index contributed by atoms with van der Waals surface area (Å²) in [6.45, 7) is 6.39. The van der Waals surface area contributed by atoms with Crippen molar-refractivity contribution in [3.8, 4) is 0 Å². The minimum Gasteiger partial charge on any atom is -0.312 e. The molecule has 4 heteroatoms. The van der Waals surface area contributed by atoms with E-state index in [1.807, 2.05) is 0 Å². The number of hydrogen-bond acceptors (Lipinski definition) is 2. The second-order valence-electron chi connectivity index (χ2n) is 4.51. The molecule has 0 aliphatic rings. The Morgan fingerprint density at radius 3 is 2.56 bits per heavy atom. The number of rotatable bonds is 7. The molecule has 1 aromatic rings. The summed E-state index contributed by atoms with van der Waals surface area (Å²) >= 11 is 13.0. The van der Waals surface area contributed by atoms with Crippen molar-refractivity contribution in [2.45, 2.75) is 25.3 Å². The summed E-state index contributed by atoms with van der Waals surface area (Å²) in [4.78, 5) is 1.21. The minimum atomic E-state index is 0.671. The van der Waals surface area contributed by atoms with Gasteiger partial charge in [-0.2, -0.15) is 0 Å². The quantitative estimate of drug-likeness (QED) is 0.723. The highest BCUT2D eigenvalue weighted by Gasteiger charge is 1.98. The molecule has 1 aromatic carbocycles. The molecule has 0 saturated heterocycles. The van der Waals surface area contributed by atoms with Gasteiger partial charge in [0.05, 0.1) is 0 Å². The maximum absolute atomic E-state index is 5.84. The van der Waals surface area contributed by atoms with Gasteiger partial charge in [0.2, 0.25) is 0 Å². The third kappa shape index (κ3) is 6.69. The predicted octanol–water partition coefficient (Wildman–Crippen LogP) is 4.84. The van der Waals surface area contributed by atoms with Gasteiger partial charge in [-0.05, 0) is 30.2 Å². The second kappa shape index (κ2) is 8.87. The summed E-state index contributed by atoms with van der Waals surface area (Å²) in [6.07, 6.45) is 0. The summed E-state index contributed by atoms with van der Waals surface area (Å²) in [6, 6.07) is 8.53. The van der Waals surface area contributed by atoms with Crippen LogP contribution in [0.4, 0.5) is 0 Å². The summed E-state index contributed by atoms with van der Waals surface area (Å²) in [5.74, 6) is 1.40.